The van der Waals surface area contributed by atoms with Crippen LogP contribution in [0.4, 0.5) is 0 Å². The molecule has 1 amide bonds. The van der Waals surface area contributed by atoms with Gasteiger partial charge in [0.15, 0.2) is 0 Å². The number of hydrogen-bond acceptors (Lipinski definition) is 4. The van der Waals surface area contributed by atoms with Gasteiger partial charge in [0.25, 0.3) is 5.56 Å². The number of carbonyl (C=O) groups is 1. The van der Waals surface area contributed by atoms with Gasteiger partial charge in [-0.15, -0.1) is 0 Å². The summed E-state index contributed by atoms with van der Waals surface area (Å²) in [6, 6.07) is 12.9. The van der Waals surface area contributed by atoms with E-state index in [0.29, 0.717) is 32.1 Å². The first-order valence-corrected chi connectivity index (χ1v) is 12.3. The van der Waals surface area contributed by atoms with Crippen molar-refractivity contribution in [2.45, 2.75) is 44.6 Å². The van der Waals surface area contributed by atoms with Crippen LogP contribution in [0.3, 0.4) is 0 Å². The van der Waals surface area contributed by atoms with Gasteiger partial charge in [0.2, 0.25) is 15.9 Å². The molecular formula is C23H31N3O4S. The quantitative estimate of drug-likeness (QED) is 0.625. The van der Waals surface area contributed by atoms with Crippen LogP contribution < -0.4 is 5.56 Å². The van der Waals surface area contributed by atoms with Crippen molar-refractivity contribution >= 4 is 15.9 Å². The number of piperidine rings is 1. The number of rotatable bonds is 8. The van der Waals surface area contributed by atoms with Crippen LogP contribution >= 0.6 is 0 Å². The highest BCUT2D eigenvalue weighted by Gasteiger charge is 2.25. The highest BCUT2D eigenvalue weighted by atomic mass is 32.2. The van der Waals surface area contributed by atoms with Gasteiger partial charge in [-0.3, -0.25) is 9.59 Å². The number of amides is 1. The number of hydrogen-bond donors (Lipinski definition) is 0. The SMILES string of the molecule is CCN(CC)S(=O)(=O)c1ccc(=O)n(CC(=O)N2CCC(Cc3ccccc3)CC2)c1. The van der Waals surface area contributed by atoms with Crippen LogP contribution in [0.25, 0.3) is 0 Å². The van der Waals surface area contributed by atoms with Crippen LogP contribution in [-0.2, 0) is 27.8 Å². The largest absolute Gasteiger partial charge is 0.341 e. The summed E-state index contributed by atoms with van der Waals surface area (Å²) < 4.78 is 28.0. The van der Waals surface area contributed by atoms with E-state index in [0.717, 1.165) is 19.3 Å². The zero-order valence-corrected chi connectivity index (χ0v) is 19.1. The molecule has 168 valence electrons. The fourth-order valence-corrected chi connectivity index (χ4v) is 5.56. The van der Waals surface area contributed by atoms with Gasteiger partial charge in [-0.2, -0.15) is 4.31 Å². The van der Waals surface area contributed by atoms with Crippen molar-refractivity contribution in [3.05, 3.63) is 64.6 Å². The molecule has 1 fully saturated rings. The van der Waals surface area contributed by atoms with E-state index in [9.17, 15) is 18.0 Å². The van der Waals surface area contributed by atoms with E-state index >= 15 is 0 Å². The Morgan fingerprint density at radius 1 is 1.03 bits per heavy atom. The van der Waals surface area contributed by atoms with Crippen LogP contribution in [0.2, 0.25) is 0 Å². The molecule has 2 aromatic rings. The average molecular weight is 446 g/mol. The van der Waals surface area contributed by atoms with Crippen molar-refractivity contribution in [1.82, 2.24) is 13.8 Å². The van der Waals surface area contributed by atoms with Crippen molar-refractivity contribution in [3.8, 4) is 0 Å². The summed E-state index contributed by atoms with van der Waals surface area (Å²) in [5.74, 6) is 0.384. The van der Waals surface area contributed by atoms with Gasteiger partial charge in [-0.05, 0) is 36.8 Å². The first-order chi connectivity index (χ1) is 14.8. The summed E-state index contributed by atoms with van der Waals surface area (Å²) in [7, 11) is -3.69. The summed E-state index contributed by atoms with van der Waals surface area (Å²) in [6.07, 6.45) is 4.14. The smallest absolute Gasteiger partial charge is 0.251 e. The maximum Gasteiger partial charge on any atom is 0.251 e. The number of nitrogens with zero attached hydrogens (tertiary/aromatic N) is 3. The average Bonchev–Trinajstić information content (AvgIpc) is 2.77. The molecule has 3 rings (SSSR count). The van der Waals surface area contributed by atoms with Crippen LogP contribution in [0, 0.1) is 5.92 Å². The molecule has 2 heterocycles. The molecule has 1 saturated heterocycles. The minimum atomic E-state index is -3.69. The summed E-state index contributed by atoms with van der Waals surface area (Å²) >= 11 is 0. The van der Waals surface area contributed by atoms with Gasteiger partial charge in [0, 0.05) is 38.4 Å². The molecular weight excluding hydrogens is 414 g/mol. The predicted molar refractivity (Wildman–Crippen MR) is 120 cm³/mol. The summed E-state index contributed by atoms with van der Waals surface area (Å²) in [5.41, 5.74) is 0.927. The van der Waals surface area contributed by atoms with E-state index in [1.165, 1.54) is 32.8 Å². The molecule has 0 spiro atoms. The zero-order valence-electron chi connectivity index (χ0n) is 18.2. The maximum absolute atomic E-state index is 12.8. The number of carbonyl (C=O) groups excluding carboxylic acids is 1. The van der Waals surface area contributed by atoms with Gasteiger partial charge in [-0.25, -0.2) is 8.42 Å². The van der Waals surface area contributed by atoms with Crippen molar-refractivity contribution < 1.29 is 13.2 Å². The fourth-order valence-electron chi connectivity index (χ4n) is 4.08. The Labute approximate surface area is 184 Å². The Morgan fingerprint density at radius 2 is 1.68 bits per heavy atom. The molecule has 1 aliphatic heterocycles. The lowest BCUT2D eigenvalue weighted by Gasteiger charge is -2.32. The Balaban J connectivity index is 1.64. The molecule has 1 aliphatic rings. The number of likely N-dealkylation sites (tertiary alicyclic amines) is 1. The lowest BCUT2D eigenvalue weighted by atomic mass is 9.90. The minimum absolute atomic E-state index is 0.0326. The van der Waals surface area contributed by atoms with Gasteiger partial charge in [0.1, 0.15) is 6.54 Å². The number of sulfonamides is 1. The third-order valence-corrected chi connectivity index (χ3v) is 7.97. The van der Waals surface area contributed by atoms with Gasteiger partial charge in [0.05, 0.1) is 4.90 Å². The van der Waals surface area contributed by atoms with Gasteiger partial charge < -0.3 is 9.47 Å². The molecule has 8 heteroatoms. The van der Waals surface area contributed by atoms with E-state index in [1.54, 1.807) is 18.7 Å². The van der Waals surface area contributed by atoms with Crippen LogP contribution in [0.1, 0.15) is 32.3 Å². The van der Waals surface area contributed by atoms with E-state index < -0.39 is 10.0 Å². The zero-order chi connectivity index (χ0) is 22.4. The maximum atomic E-state index is 12.8. The highest BCUT2D eigenvalue weighted by Crippen LogP contribution is 2.22. The minimum Gasteiger partial charge on any atom is -0.341 e. The standard InChI is InChI=1S/C23H31N3O4S/c1-3-26(4-2)31(29,30)21-10-11-22(27)25(17-21)18-23(28)24-14-12-20(13-15-24)16-19-8-6-5-7-9-19/h5-11,17,20H,3-4,12-16,18H2,1-2H3. The van der Waals surface area contributed by atoms with E-state index in [4.69, 9.17) is 0 Å². The molecule has 0 bridgehead atoms. The Kier molecular flexibility index (Phi) is 7.67. The van der Waals surface area contributed by atoms with Crippen LogP contribution in [-0.4, -0.2) is 54.3 Å². The van der Waals surface area contributed by atoms with Crippen molar-refractivity contribution in [1.29, 1.82) is 0 Å². The predicted octanol–water partition coefficient (Wildman–Crippen LogP) is 2.36. The fraction of sp³-hybridized carbons (Fsp3) is 0.478. The second-order valence-corrected chi connectivity index (χ2v) is 9.87. The molecule has 1 aromatic heterocycles. The molecule has 0 unspecified atom stereocenters. The third kappa shape index (κ3) is 5.62. The van der Waals surface area contributed by atoms with Crippen molar-refractivity contribution in [2.24, 2.45) is 5.92 Å². The Morgan fingerprint density at radius 3 is 2.29 bits per heavy atom. The Hall–Kier alpha value is -2.45. The number of pyridine rings is 1. The lowest BCUT2D eigenvalue weighted by Crippen LogP contribution is -2.42. The molecule has 0 atom stereocenters. The normalized spacial score (nSPS) is 15.4. The molecule has 0 saturated carbocycles. The molecule has 31 heavy (non-hydrogen) atoms. The lowest BCUT2D eigenvalue weighted by molar-refractivity contribution is -0.133. The molecule has 0 radical (unpaired) electrons. The monoisotopic (exact) mass is 445 g/mol. The second kappa shape index (κ2) is 10.2. The second-order valence-electron chi connectivity index (χ2n) is 7.93. The molecule has 0 aliphatic carbocycles. The first kappa shape index (κ1) is 23.2. The van der Waals surface area contributed by atoms with E-state index in [2.05, 4.69) is 12.1 Å². The van der Waals surface area contributed by atoms with E-state index in [1.807, 2.05) is 18.2 Å². The summed E-state index contributed by atoms with van der Waals surface area (Å²) in [4.78, 5) is 26.9. The number of benzene rings is 1. The van der Waals surface area contributed by atoms with Crippen molar-refractivity contribution in [3.63, 3.8) is 0 Å². The van der Waals surface area contributed by atoms with Crippen LogP contribution in [0.5, 0.6) is 0 Å². The van der Waals surface area contributed by atoms with Gasteiger partial charge >= 0.3 is 0 Å². The topological polar surface area (TPSA) is 79.7 Å². The molecule has 1 aromatic carbocycles. The summed E-state index contributed by atoms with van der Waals surface area (Å²) in [6.45, 7) is 5.38. The van der Waals surface area contributed by atoms with Crippen LogP contribution in [0.15, 0.2) is 58.4 Å². The first-order valence-electron chi connectivity index (χ1n) is 10.9. The van der Waals surface area contributed by atoms with E-state index in [-0.39, 0.29) is 22.9 Å². The molecule has 0 N–H and O–H groups in total. The molecule has 7 nitrogen and oxygen atoms in total. The Bertz CT molecular complexity index is 1040. The van der Waals surface area contributed by atoms with Gasteiger partial charge in [-0.1, -0.05) is 44.2 Å². The summed E-state index contributed by atoms with van der Waals surface area (Å²) in [5, 5.41) is 0. The third-order valence-electron chi connectivity index (χ3n) is 5.94. The highest BCUT2D eigenvalue weighted by molar-refractivity contribution is 7.89. The van der Waals surface area contributed by atoms with Crippen molar-refractivity contribution in [2.75, 3.05) is 26.2 Å². The number of aromatic nitrogens is 1.